The average Bonchev–Trinajstić information content (AvgIpc) is 3.00. The van der Waals surface area contributed by atoms with E-state index in [4.69, 9.17) is 24.9 Å². The van der Waals surface area contributed by atoms with Crippen LogP contribution in [0, 0.1) is 5.41 Å². The van der Waals surface area contributed by atoms with Crippen molar-refractivity contribution in [2.45, 2.75) is 12.5 Å². The first-order valence-corrected chi connectivity index (χ1v) is 14.3. The third-order valence-electron chi connectivity index (χ3n) is 8.14. The molecule has 0 spiro atoms. The fourth-order valence-corrected chi connectivity index (χ4v) is 5.89. The Balaban J connectivity index is 1.36. The number of aliphatic hydroxyl groups excluding tert-OH is 1. The highest BCUT2D eigenvalue weighted by Gasteiger charge is 2.28. The second-order valence-electron chi connectivity index (χ2n) is 10.8. The number of amidine groups is 1. The molecule has 0 bridgehead atoms. The first-order chi connectivity index (χ1) is 20.0. The van der Waals surface area contributed by atoms with Crippen molar-refractivity contribution in [1.82, 2.24) is 19.8 Å². The van der Waals surface area contributed by atoms with Gasteiger partial charge in [-0.1, -0.05) is 30.8 Å². The lowest BCUT2D eigenvalue weighted by atomic mass is 9.87. The van der Waals surface area contributed by atoms with Crippen LogP contribution in [0.2, 0.25) is 0 Å². The van der Waals surface area contributed by atoms with E-state index >= 15 is 0 Å². The lowest BCUT2D eigenvalue weighted by molar-refractivity contribution is -0.672. The molecule has 2 aliphatic heterocycles. The average molecular weight is 557 g/mol. The van der Waals surface area contributed by atoms with Crippen molar-refractivity contribution < 1.29 is 19.1 Å². The standard InChI is InChI=1S/C31H38N7O3/c1-3-29(32)37-8-10-38(11-9-37)30-26-21-35(2)28(25-19-23(39)18-22-6-4-5-7-24(22)25)20-27(26)33-31(34-30)41-17-14-36-12-15-40-16-13-36/h3-7,19-21,23,32,39H,1,8-18H2,2H3/q+1. The van der Waals surface area contributed by atoms with Gasteiger partial charge in [-0.15, -0.1) is 0 Å². The van der Waals surface area contributed by atoms with Crippen molar-refractivity contribution in [3.63, 3.8) is 0 Å². The van der Waals surface area contributed by atoms with E-state index in [9.17, 15) is 5.11 Å². The Morgan fingerprint density at radius 2 is 1.95 bits per heavy atom. The number of hydrogen-bond acceptors (Lipinski definition) is 8. The van der Waals surface area contributed by atoms with Crippen molar-refractivity contribution in [3.8, 4) is 6.01 Å². The topological polar surface area (TPSA) is 102 Å². The minimum absolute atomic E-state index is 0.361. The van der Waals surface area contributed by atoms with E-state index in [-0.39, 0.29) is 0 Å². The van der Waals surface area contributed by atoms with E-state index in [2.05, 4.69) is 45.3 Å². The molecule has 1 unspecified atom stereocenters. The van der Waals surface area contributed by atoms with Gasteiger partial charge < -0.3 is 24.4 Å². The van der Waals surface area contributed by atoms with Crippen LogP contribution < -0.4 is 14.2 Å². The quantitative estimate of drug-likeness (QED) is 0.258. The number of piperazine rings is 1. The van der Waals surface area contributed by atoms with Crippen LogP contribution >= 0.6 is 0 Å². The summed E-state index contributed by atoms with van der Waals surface area (Å²) in [7, 11) is 2.03. The Labute approximate surface area is 240 Å². The van der Waals surface area contributed by atoms with Gasteiger partial charge in [0.15, 0.2) is 6.20 Å². The highest BCUT2D eigenvalue weighted by Crippen LogP contribution is 2.33. The van der Waals surface area contributed by atoms with Crippen LogP contribution in [0.5, 0.6) is 6.01 Å². The molecule has 214 valence electrons. The maximum atomic E-state index is 10.7. The number of benzene rings is 1. The number of aromatic nitrogens is 3. The van der Waals surface area contributed by atoms with Gasteiger partial charge in [0.25, 0.3) is 0 Å². The van der Waals surface area contributed by atoms with Crippen LogP contribution in [0.1, 0.15) is 16.8 Å². The zero-order valence-electron chi connectivity index (χ0n) is 23.6. The van der Waals surface area contributed by atoms with Gasteiger partial charge in [0, 0.05) is 58.3 Å². The van der Waals surface area contributed by atoms with Crippen LogP contribution in [0.4, 0.5) is 5.82 Å². The van der Waals surface area contributed by atoms with Gasteiger partial charge in [0.05, 0.1) is 30.4 Å². The molecular formula is C31H38N7O3+. The summed E-state index contributed by atoms with van der Waals surface area (Å²) in [6, 6.07) is 10.7. The van der Waals surface area contributed by atoms with Crippen molar-refractivity contribution in [2.75, 3.05) is 70.5 Å². The molecule has 4 heterocycles. The summed E-state index contributed by atoms with van der Waals surface area (Å²) in [5.41, 5.74) is 5.03. The SMILES string of the molecule is C=CC(=N)N1CCN(c2nc(OCCN3CCOCC3)nc3cc(C4=CC(O)Cc5ccccc54)[n+](C)cc23)CC1. The number of pyridine rings is 1. The maximum absolute atomic E-state index is 10.7. The van der Waals surface area contributed by atoms with Gasteiger partial charge in [-0.2, -0.15) is 9.97 Å². The van der Waals surface area contributed by atoms with E-state index in [0.717, 1.165) is 98.1 Å². The highest BCUT2D eigenvalue weighted by molar-refractivity contribution is 5.92. The van der Waals surface area contributed by atoms with Crippen LogP contribution in [-0.2, 0) is 18.2 Å². The molecule has 10 nitrogen and oxygen atoms in total. The van der Waals surface area contributed by atoms with Crippen molar-refractivity contribution in [2.24, 2.45) is 7.05 Å². The van der Waals surface area contributed by atoms with Crippen molar-refractivity contribution in [3.05, 3.63) is 72.1 Å². The number of rotatable bonds is 7. The Morgan fingerprint density at radius 3 is 2.73 bits per heavy atom. The van der Waals surface area contributed by atoms with Gasteiger partial charge >= 0.3 is 6.01 Å². The third kappa shape index (κ3) is 5.81. The molecule has 2 N–H and O–H groups in total. The number of ether oxygens (including phenoxy) is 2. The predicted octanol–water partition coefficient (Wildman–Crippen LogP) is 1.80. The molecule has 2 aromatic heterocycles. The van der Waals surface area contributed by atoms with Crippen LogP contribution in [0.15, 0.2) is 55.3 Å². The zero-order chi connectivity index (χ0) is 28.3. The van der Waals surface area contributed by atoms with E-state index in [1.807, 2.05) is 30.2 Å². The normalized spacial score (nSPS) is 19.6. The number of nitrogens with one attached hydrogen (secondary N) is 1. The number of aliphatic hydroxyl groups is 1. The number of hydrogen-bond donors (Lipinski definition) is 2. The first-order valence-electron chi connectivity index (χ1n) is 14.3. The molecule has 3 aromatic rings. The Kier molecular flexibility index (Phi) is 7.95. The number of morpholine rings is 1. The lowest BCUT2D eigenvalue weighted by Crippen LogP contribution is -2.48. The lowest BCUT2D eigenvalue weighted by Gasteiger charge is -2.36. The van der Waals surface area contributed by atoms with Gasteiger partial charge in [0.1, 0.15) is 30.7 Å². The molecule has 0 radical (unpaired) electrons. The third-order valence-corrected chi connectivity index (χ3v) is 8.14. The summed E-state index contributed by atoms with van der Waals surface area (Å²) < 4.78 is 13.7. The number of anilines is 1. The minimum Gasteiger partial charge on any atom is -0.462 e. The van der Waals surface area contributed by atoms with Gasteiger partial charge in [-0.3, -0.25) is 10.3 Å². The van der Waals surface area contributed by atoms with E-state index < -0.39 is 6.10 Å². The van der Waals surface area contributed by atoms with E-state index in [1.54, 1.807) is 6.08 Å². The minimum atomic E-state index is -0.541. The summed E-state index contributed by atoms with van der Waals surface area (Å²) in [5.74, 6) is 1.28. The monoisotopic (exact) mass is 556 g/mol. The summed E-state index contributed by atoms with van der Waals surface area (Å²) in [5, 5.41) is 19.7. The molecule has 41 heavy (non-hydrogen) atoms. The molecule has 2 fully saturated rings. The van der Waals surface area contributed by atoms with Gasteiger partial charge in [-0.25, -0.2) is 4.57 Å². The summed E-state index contributed by atoms with van der Waals surface area (Å²) in [6.45, 7) is 11.2. The van der Waals surface area contributed by atoms with E-state index in [1.165, 1.54) is 0 Å². The Bertz CT molecular complexity index is 1480. The molecule has 1 atom stereocenters. The van der Waals surface area contributed by atoms with Gasteiger partial charge in [-0.05, 0) is 23.3 Å². The number of nitrogens with zero attached hydrogens (tertiary/aromatic N) is 6. The zero-order valence-corrected chi connectivity index (χ0v) is 23.6. The molecular weight excluding hydrogens is 518 g/mol. The summed E-state index contributed by atoms with van der Waals surface area (Å²) in [4.78, 5) is 16.4. The molecule has 1 aliphatic carbocycles. The molecule has 10 heteroatoms. The van der Waals surface area contributed by atoms with Crippen molar-refractivity contribution in [1.29, 1.82) is 5.41 Å². The Hall–Kier alpha value is -3.86. The highest BCUT2D eigenvalue weighted by atomic mass is 16.5. The van der Waals surface area contributed by atoms with Crippen LogP contribution in [0.25, 0.3) is 16.5 Å². The fourth-order valence-electron chi connectivity index (χ4n) is 5.89. The molecule has 1 aromatic carbocycles. The molecule has 0 saturated carbocycles. The van der Waals surface area contributed by atoms with Crippen LogP contribution in [0.3, 0.4) is 0 Å². The second kappa shape index (κ2) is 11.9. The molecule has 3 aliphatic rings. The smallest absolute Gasteiger partial charge is 0.319 e. The first kappa shape index (κ1) is 27.3. The summed E-state index contributed by atoms with van der Waals surface area (Å²) >= 11 is 0. The second-order valence-corrected chi connectivity index (χ2v) is 10.8. The summed E-state index contributed by atoms with van der Waals surface area (Å²) in [6.07, 6.45) is 5.69. The van der Waals surface area contributed by atoms with Gasteiger partial charge in [0.2, 0.25) is 5.69 Å². The fraction of sp³-hybridized carbons (Fsp3) is 0.419. The predicted molar refractivity (Wildman–Crippen MR) is 158 cm³/mol. The van der Waals surface area contributed by atoms with Crippen LogP contribution in [-0.4, -0.2) is 102 Å². The van der Waals surface area contributed by atoms with Crippen molar-refractivity contribution >= 4 is 28.1 Å². The molecule has 6 rings (SSSR count). The van der Waals surface area contributed by atoms with E-state index in [0.29, 0.717) is 24.9 Å². The molecule has 0 amide bonds. The number of aryl methyl sites for hydroxylation is 1. The number of fused-ring (bicyclic) bond motifs is 2. The largest absolute Gasteiger partial charge is 0.462 e. The Morgan fingerprint density at radius 1 is 1.17 bits per heavy atom. The maximum Gasteiger partial charge on any atom is 0.319 e. The molecule has 2 saturated heterocycles.